The molecular weight excluding hydrogens is 308 g/mol. The normalized spacial score (nSPS) is 11.0. The van der Waals surface area contributed by atoms with Crippen LogP contribution in [0.5, 0.6) is 0 Å². The molecule has 0 aliphatic heterocycles. The van der Waals surface area contributed by atoms with Gasteiger partial charge < -0.3 is 10.3 Å². The summed E-state index contributed by atoms with van der Waals surface area (Å²) in [4.78, 5) is 11.1. The van der Waals surface area contributed by atoms with Crippen LogP contribution in [0.3, 0.4) is 0 Å². The van der Waals surface area contributed by atoms with E-state index in [9.17, 15) is 10.0 Å². The Balaban J connectivity index is 1.77. The van der Waals surface area contributed by atoms with Gasteiger partial charge >= 0.3 is 5.97 Å². The highest BCUT2D eigenvalue weighted by Gasteiger charge is 2.15. The number of carbonyl (C=O) groups is 1. The van der Waals surface area contributed by atoms with E-state index in [0.717, 1.165) is 16.9 Å². The SMILES string of the molecule is O=C(O)c1cc2cc(-n3cc(-c4ccccc4)nn3)ccc2n1O. The summed E-state index contributed by atoms with van der Waals surface area (Å²) in [6, 6.07) is 16.2. The smallest absolute Gasteiger partial charge is 0.356 e. The number of hydrogen-bond donors (Lipinski definition) is 2. The molecule has 0 aliphatic carbocycles. The quantitative estimate of drug-likeness (QED) is 0.566. The minimum absolute atomic E-state index is 0.189. The van der Waals surface area contributed by atoms with E-state index in [1.165, 1.54) is 6.07 Å². The molecule has 2 aromatic carbocycles. The number of rotatable bonds is 3. The summed E-state index contributed by atoms with van der Waals surface area (Å²) < 4.78 is 2.27. The molecule has 4 rings (SSSR count). The Morgan fingerprint density at radius 2 is 1.83 bits per heavy atom. The molecule has 2 heterocycles. The lowest BCUT2D eigenvalue weighted by atomic mass is 10.2. The van der Waals surface area contributed by atoms with Gasteiger partial charge in [-0.25, -0.2) is 9.48 Å². The molecule has 118 valence electrons. The van der Waals surface area contributed by atoms with Crippen LogP contribution in [-0.4, -0.2) is 36.0 Å². The Morgan fingerprint density at radius 3 is 2.58 bits per heavy atom. The van der Waals surface area contributed by atoms with Crippen molar-refractivity contribution in [2.45, 2.75) is 0 Å². The lowest BCUT2D eigenvalue weighted by molar-refractivity contribution is 0.0649. The van der Waals surface area contributed by atoms with E-state index in [1.807, 2.05) is 30.3 Å². The molecule has 0 amide bonds. The fraction of sp³-hybridized carbons (Fsp3) is 0. The number of aromatic carboxylic acids is 1. The van der Waals surface area contributed by atoms with Gasteiger partial charge in [-0.3, -0.25) is 0 Å². The van der Waals surface area contributed by atoms with Crippen LogP contribution in [-0.2, 0) is 0 Å². The summed E-state index contributed by atoms with van der Waals surface area (Å²) in [6.07, 6.45) is 1.80. The minimum Gasteiger partial charge on any atom is -0.476 e. The Hall–Kier alpha value is -3.61. The number of nitrogens with zero attached hydrogens (tertiary/aromatic N) is 4. The Kier molecular flexibility index (Phi) is 3.06. The molecule has 0 atom stereocenters. The molecule has 0 spiro atoms. The third-order valence-corrected chi connectivity index (χ3v) is 3.81. The van der Waals surface area contributed by atoms with Gasteiger partial charge in [0.15, 0.2) is 5.69 Å². The van der Waals surface area contributed by atoms with Crippen LogP contribution in [0.25, 0.3) is 27.8 Å². The number of benzene rings is 2. The largest absolute Gasteiger partial charge is 0.476 e. The van der Waals surface area contributed by atoms with Gasteiger partial charge in [-0.1, -0.05) is 35.5 Å². The number of aromatic nitrogens is 4. The molecule has 0 bridgehead atoms. The van der Waals surface area contributed by atoms with Crippen LogP contribution in [0.2, 0.25) is 0 Å². The van der Waals surface area contributed by atoms with Crippen LogP contribution in [0.15, 0.2) is 60.8 Å². The first-order valence-corrected chi connectivity index (χ1v) is 7.20. The second kappa shape index (κ2) is 5.24. The van der Waals surface area contributed by atoms with Gasteiger partial charge in [0.1, 0.15) is 5.69 Å². The summed E-state index contributed by atoms with van der Waals surface area (Å²) in [5.41, 5.74) is 2.64. The zero-order valence-corrected chi connectivity index (χ0v) is 12.4. The number of fused-ring (bicyclic) bond motifs is 1. The number of hydrogen-bond acceptors (Lipinski definition) is 4. The molecular formula is C17H12N4O3. The average molecular weight is 320 g/mol. The maximum absolute atomic E-state index is 11.1. The third-order valence-electron chi connectivity index (χ3n) is 3.81. The Labute approximate surface area is 136 Å². The van der Waals surface area contributed by atoms with Crippen LogP contribution in [0.4, 0.5) is 0 Å². The minimum atomic E-state index is -1.19. The number of carboxylic acid groups (broad SMARTS) is 1. The van der Waals surface area contributed by atoms with Crippen molar-refractivity contribution in [3.8, 4) is 16.9 Å². The molecule has 0 saturated carbocycles. The van der Waals surface area contributed by atoms with E-state index in [0.29, 0.717) is 15.6 Å². The van der Waals surface area contributed by atoms with Crippen molar-refractivity contribution in [1.29, 1.82) is 0 Å². The summed E-state index contributed by atoms with van der Waals surface area (Å²) in [7, 11) is 0. The highest BCUT2D eigenvalue weighted by atomic mass is 16.5. The Bertz CT molecular complexity index is 1050. The van der Waals surface area contributed by atoms with Crippen molar-refractivity contribution in [1.82, 2.24) is 19.7 Å². The van der Waals surface area contributed by atoms with Gasteiger partial charge in [0.25, 0.3) is 0 Å². The van der Waals surface area contributed by atoms with E-state index in [2.05, 4.69) is 10.3 Å². The van der Waals surface area contributed by atoms with Gasteiger partial charge in [-0.15, -0.1) is 5.10 Å². The average Bonchev–Trinajstić information content (AvgIpc) is 3.21. The van der Waals surface area contributed by atoms with Crippen molar-refractivity contribution >= 4 is 16.9 Å². The summed E-state index contributed by atoms with van der Waals surface area (Å²) in [5.74, 6) is -1.19. The molecule has 0 aliphatic rings. The standard InChI is InChI=1S/C17H12N4O3/c22-17(23)16-9-12-8-13(6-7-15(12)21(16)24)20-10-14(18-19-20)11-4-2-1-3-5-11/h1-10,24H,(H,22,23). The summed E-state index contributed by atoms with van der Waals surface area (Å²) in [6.45, 7) is 0. The molecule has 24 heavy (non-hydrogen) atoms. The van der Waals surface area contributed by atoms with Crippen molar-refractivity contribution in [3.63, 3.8) is 0 Å². The van der Waals surface area contributed by atoms with E-state index >= 15 is 0 Å². The maximum Gasteiger partial charge on any atom is 0.356 e. The van der Waals surface area contributed by atoms with Crippen LogP contribution in [0, 0.1) is 0 Å². The first-order valence-electron chi connectivity index (χ1n) is 7.20. The van der Waals surface area contributed by atoms with Gasteiger partial charge in [-0.05, 0) is 24.3 Å². The first-order chi connectivity index (χ1) is 11.6. The van der Waals surface area contributed by atoms with Crippen molar-refractivity contribution < 1.29 is 15.1 Å². The van der Waals surface area contributed by atoms with Gasteiger partial charge in [-0.2, -0.15) is 4.73 Å². The topological polar surface area (TPSA) is 93.2 Å². The molecule has 0 unspecified atom stereocenters. The lowest BCUT2D eigenvalue weighted by Gasteiger charge is -2.01. The second-order valence-electron chi connectivity index (χ2n) is 5.30. The molecule has 0 radical (unpaired) electrons. The molecule has 7 heteroatoms. The van der Waals surface area contributed by atoms with Crippen molar-refractivity contribution in [3.05, 3.63) is 66.5 Å². The molecule has 0 fully saturated rings. The maximum atomic E-state index is 11.1. The lowest BCUT2D eigenvalue weighted by Crippen LogP contribution is -2.04. The zero-order valence-electron chi connectivity index (χ0n) is 12.4. The monoisotopic (exact) mass is 320 g/mol. The fourth-order valence-corrected chi connectivity index (χ4v) is 2.61. The van der Waals surface area contributed by atoms with Gasteiger partial charge in [0.05, 0.1) is 17.4 Å². The highest BCUT2D eigenvalue weighted by molar-refractivity contribution is 5.94. The molecule has 7 nitrogen and oxygen atoms in total. The predicted molar refractivity (Wildman–Crippen MR) is 86.4 cm³/mol. The molecule has 2 N–H and O–H groups in total. The van der Waals surface area contributed by atoms with Gasteiger partial charge in [0.2, 0.25) is 0 Å². The zero-order chi connectivity index (χ0) is 16.7. The molecule has 4 aromatic rings. The van der Waals surface area contributed by atoms with E-state index in [1.54, 1.807) is 29.1 Å². The molecule has 0 saturated heterocycles. The van der Waals surface area contributed by atoms with E-state index < -0.39 is 5.97 Å². The highest BCUT2D eigenvalue weighted by Crippen LogP contribution is 2.23. The first kappa shape index (κ1) is 14.0. The second-order valence-corrected chi connectivity index (χ2v) is 5.30. The van der Waals surface area contributed by atoms with E-state index in [4.69, 9.17) is 5.11 Å². The molecule has 2 aromatic heterocycles. The van der Waals surface area contributed by atoms with Crippen LogP contribution in [0.1, 0.15) is 10.5 Å². The fourth-order valence-electron chi connectivity index (χ4n) is 2.61. The van der Waals surface area contributed by atoms with E-state index in [-0.39, 0.29) is 5.69 Å². The van der Waals surface area contributed by atoms with Crippen molar-refractivity contribution in [2.24, 2.45) is 0 Å². The van der Waals surface area contributed by atoms with Crippen LogP contribution >= 0.6 is 0 Å². The third kappa shape index (κ3) is 2.19. The summed E-state index contributed by atoms with van der Waals surface area (Å²) in [5, 5.41) is 27.8. The van der Waals surface area contributed by atoms with Crippen molar-refractivity contribution in [2.75, 3.05) is 0 Å². The Morgan fingerprint density at radius 1 is 1.04 bits per heavy atom. The van der Waals surface area contributed by atoms with Crippen LogP contribution < -0.4 is 0 Å². The van der Waals surface area contributed by atoms with Gasteiger partial charge in [0, 0.05) is 10.9 Å². The summed E-state index contributed by atoms with van der Waals surface area (Å²) >= 11 is 0. The number of carboxylic acids is 1. The predicted octanol–water partition coefficient (Wildman–Crippen LogP) is 2.82.